The summed E-state index contributed by atoms with van der Waals surface area (Å²) >= 11 is 0. The van der Waals surface area contributed by atoms with Crippen molar-refractivity contribution in [1.82, 2.24) is 9.21 Å². The largest absolute Gasteiger partial charge is 0.385 e. The SMILES string of the molecule is COCCCN1CCN(S(=O)(=O)c2ccc(F)cc2)CC1. The number of ether oxygens (including phenoxy) is 1. The van der Waals surface area contributed by atoms with E-state index in [0.29, 0.717) is 32.8 Å². The summed E-state index contributed by atoms with van der Waals surface area (Å²) in [5.41, 5.74) is 0. The van der Waals surface area contributed by atoms with Crippen LogP contribution in [-0.4, -0.2) is 64.1 Å². The first-order chi connectivity index (χ1) is 10.0. The Bertz CT molecular complexity index is 540. The maximum Gasteiger partial charge on any atom is 0.243 e. The van der Waals surface area contributed by atoms with E-state index >= 15 is 0 Å². The molecule has 2 rings (SSSR count). The fourth-order valence-corrected chi connectivity index (χ4v) is 3.80. The van der Waals surface area contributed by atoms with E-state index in [4.69, 9.17) is 4.74 Å². The highest BCUT2D eigenvalue weighted by atomic mass is 32.2. The average Bonchev–Trinajstić information content (AvgIpc) is 2.48. The second-order valence-electron chi connectivity index (χ2n) is 5.05. The molecule has 21 heavy (non-hydrogen) atoms. The van der Waals surface area contributed by atoms with Crippen molar-refractivity contribution in [2.45, 2.75) is 11.3 Å². The van der Waals surface area contributed by atoms with Crippen LogP contribution in [0.2, 0.25) is 0 Å². The highest BCUT2D eigenvalue weighted by molar-refractivity contribution is 7.89. The summed E-state index contributed by atoms with van der Waals surface area (Å²) in [6.45, 7) is 3.99. The van der Waals surface area contributed by atoms with E-state index in [-0.39, 0.29) is 4.90 Å². The molecular formula is C14H21FN2O3S. The summed E-state index contributed by atoms with van der Waals surface area (Å²) in [5.74, 6) is -0.433. The van der Waals surface area contributed by atoms with E-state index in [1.165, 1.54) is 28.6 Å². The average molecular weight is 316 g/mol. The molecule has 0 saturated carbocycles. The Labute approximate surface area is 125 Å². The molecule has 5 nitrogen and oxygen atoms in total. The van der Waals surface area contributed by atoms with Gasteiger partial charge in [0.1, 0.15) is 5.82 Å². The van der Waals surface area contributed by atoms with Crippen molar-refractivity contribution in [3.63, 3.8) is 0 Å². The molecule has 1 aliphatic heterocycles. The number of nitrogens with zero attached hydrogens (tertiary/aromatic N) is 2. The lowest BCUT2D eigenvalue weighted by Crippen LogP contribution is -2.48. The van der Waals surface area contributed by atoms with Gasteiger partial charge in [0.2, 0.25) is 10.0 Å². The minimum atomic E-state index is -3.51. The van der Waals surface area contributed by atoms with E-state index in [2.05, 4.69) is 4.90 Å². The summed E-state index contributed by atoms with van der Waals surface area (Å²) < 4.78 is 44.2. The Balaban J connectivity index is 1.93. The van der Waals surface area contributed by atoms with E-state index in [1.54, 1.807) is 7.11 Å². The molecule has 0 spiro atoms. The molecule has 0 unspecified atom stereocenters. The van der Waals surface area contributed by atoms with Crippen LogP contribution in [0, 0.1) is 5.82 Å². The molecule has 1 aliphatic rings. The lowest BCUT2D eigenvalue weighted by atomic mass is 10.3. The van der Waals surface area contributed by atoms with Crippen LogP contribution < -0.4 is 0 Å². The van der Waals surface area contributed by atoms with Gasteiger partial charge in [-0.3, -0.25) is 0 Å². The number of benzene rings is 1. The number of rotatable bonds is 6. The topological polar surface area (TPSA) is 49.9 Å². The van der Waals surface area contributed by atoms with Gasteiger partial charge in [0.25, 0.3) is 0 Å². The van der Waals surface area contributed by atoms with Gasteiger partial charge in [-0.05, 0) is 30.7 Å². The molecular weight excluding hydrogens is 295 g/mol. The molecule has 0 amide bonds. The summed E-state index contributed by atoms with van der Waals surface area (Å²) in [4.78, 5) is 2.38. The van der Waals surface area contributed by atoms with Crippen LogP contribution in [0.4, 0.5) is 4.39 Å². The van der Waals surface area contributed by atoms with Gasteiger partial charge >= 0.3 is 0 Å². The van der Waals surface area contributed by atoms with Gasteiger partial charge in [-0.1, -0.05) is 0 Å². The molecule has 0 N–H and O–H groups in total. The maximum absolute atomic E-state index is 12.9. The van der Waals surface area contributed by atoms with Crippen LogP contribution in [0.25, 0.3) is 0 Å². The number of halogens is 1. The third-order valence-electron chi connectivity index (χ3n) is 3.61. The second-order valence-corrected chi connectivity index (χ2v) is 6.98. The summed E-state index contributed by atoms with van der Waals surface area (Å²) in [6, 6.07) is 4.98. The minimum Gasteiger partial charge on any atom is -0.385 e. The zero-order valence-electron chi connectivity index (χ0n) is 12.2. The molecule has 118 valence electrons. The smallest absolute Gasteiger partial charge is 0.243 e. The predicted molar refractivity (Wildman–Crippen MR) is 78.1 cm³/mol. The van der Waals surface area contributed by atoms with Crippen molar-refractivity contribution in [2.75, 3.05) is 46.4 Å². The number of piperazine rings is 1. The van der Waals surface area contributed by atoms with Gasteiger partial charge in [-0.25, -0.2) is 12.8 Å². The number of sulfonamides is 1. The van der Waals surface area contributed by atoms with E-state index in [0.717, 1.165) is 13.0 Å². The highest BCUT2D eigenvalue weighted by Gasteiger charge is 2.28. The van der Waals surface area contributed by atoms with Crippen LogP contribution >= 0.6 is 0 Å². The van der Waals surface area contributed by atoms with E-state index in [1.807, 2.05) is 0 Å². The Hall–Kier alpha value is -1.02. The van der Waals surface area contributed by atoms with Crippen molar-refractivity contribution in [1.29, 1.82) is 0 Å². The Morgan fingerprint density at radius 3 is 2.33 bits per heavy atom. The van der Waals surface area contributed by atoms with Gasteiger partial charge in [0.05, 0.1) is 4.90 Å². The molecule has 0 aliphatic carbocycles. The predicted octanol–water partition coefficient (Wildman–Crippen LogP) is 1.17. The quantitative estimate of drug-likeness (QED) is 0.739. The zero-order valence-corrected chi connectivity index (χ0v) is 13.0. The third-order valence-corrected chi connectivity index (χ3v) is 5.52. The van der Waals surface area contributed by atoms with Crippen molar-refractivity contribution >= 4 is 10.0 Å². The lowest BCUT2D eigenvalue weighted by Gasteiger charge is -2.33. The van der Waals surface area contributed by atoms with Crippen LogP contribution in [-0.2, 0) is 14.8 Å². The van der Waals surface area contributed by atoms with E-state index in [9.17, 15) is 12.8 Å². The lowest BCUT2D eigenvalue weighted by molar-refractivity contribution is 0.149. The standard InChI is InChI=1S/C14H21FN2O3S/c1-20-12-2-7-16-8-10-17(11-9-16)21(18,19)14-5-3-13(15)4-6-14/h3-6H,2,7-12H2,1H3. The highest BCUT2D eigenvalue weighted by Crippen LogP contribution is 2.18. The molecule has 1 saturated heterocycles. The minimum absolute atomic E-state index is 0.150. The van der Waals surface area contributed by atoms with E-state index < -0.39 is 15.8 Å². The number of methoxy groups -OCH3 is 1. The first-order valence-electron chi connectivity index (χ1n) is 7.01. The first-order valence-corrected chi connectivity index (χ1v) is 8.45. The third kappa shape index (κ3) is 4.23. The van der Waals surface area contributed by atoms with Gasteiger partial charge in [-0.15, -0.1) is 0 Å². The molecule has 0 radical (unpaired) electrons. The van der Waals surface area contributed by atoms with Crippen molar-refractivity contribution in [3.8, 4) is 0 Å². The molecule has 1 aromatic carbocycles. The van der Waals surface area contributed by atoms with Crippen LogP contribution in [0.5, 0.6) is 0 Å². The zero-order chi connectivity index (χ0) is 15.3. The Kier molecular flexibility index (Phi) is 5.69. The van der Waals surface area contributed by atoms with Crippen molar-refractivity contribution < 1.29 is 17.5 Å². The first kappa shape index (κ1) is 16.4. The molecule has 1 fully saturated rings. The van der Waals surface area contributed by atoms with Gasteiger partial charge in [-0.2, -0.15) is 4.31 Å². The maximum atomic E-state index is 12.9. The Morgan fingerprint density at radius 2 is 1.76 bits per heavy atom. The van der Waals surface area contributed by atoms with Crippen LogP contribution in [0.1, 0.15) is 6.42 Å². The second kappa shape index (κ2) is 7.31. The van der Waals surface area contributed by atoms with Gasteiger partial charge in [0, 0.05) is 46.4 Å². The monoisotopic (exact) mass is 316 g/mol. The van der Waals surface area contributed by atoms with Gasteiger partial charge in [0.15, 0.2) is 0 Å². The molecule has 0 bridgehead atoms. The van der Waals surface area contributed by atoms with Crippen LogP contribution in [0.3, 0.4) is 0 Å². The van der Waals surface area contributed by atoms with Crippen molar-refractivity contribution in [3.05, 3.63) is 30.1 Å². The molecule has 1 heterocycles. The molecule has 0 atom stereocenters. The molecule has 0 aromatic heterocycles. The summed E-state index contributed by atoms with van der Waals surface area (Å²) in [6.07, 6.45) is 0.946. The van der Waals surface area contributed by atoms with Crippen molar-refractivity contribution in [2.24, 2.45) is 0 Å². The van der Waals surface area contributed by atoms with Crippen LogP contribution in [0.15, 0.2) is 29.2 Å². The Morgan fingerprint density at radius 1 is 1.14 bits per heavy atom. The summed E-state index contributed by atoms with van der Waals surface area (Å²) in [7, 11) is -1.84. The fraction of sp³-hybridized carbons (Fsp3) is 0.571. The number of hydrogen-bond acceptors (Lipinski definition) is 4. The summed E-state index contributed by atoms with van der Waals surface area (Å²) in [5, 5.41) is 0. The molecule has 7 heteroatoms. The molecule has 1 aromatic rings. The normalized spacial score (nSPS) is 18.0. The fourth-order valence-electron chi connectivity index (χ4n) is 2.38. The number of hydrogen-bond donors (Lipinski definition) is 0. The van der Waals surface area contributed by atoms with Gasteiger partial charge < -0.3 is 9.64 Å².